The Morgan fingerprint density at radius 3 is 2.62 bits per heavy atom. The summed E-state index contributed by atoms with van der Waals surface area (Å²) in [5.74, 6) is 0. The molecule has 0 bridgehead atoms. The molecule has 0 aromatic heterocycles. The van der Waals surface area contributed by atoms with E-state index in [1.54, 1.807) is 0 Å². The van der Waals surface area contributed by atoms with Gasteiger partial charge in [0.2, 0.25) is 0 Å². The van der Waals surface area contributed by atoms with E-state index in [1.807, 2.05) is 0 Å². The predicted molar refractivity (Wildman–Crippen MR) is 52.5 cm³/mol. The van der Waals surface area contributed by atoms with Crippen LogP contribution in [0.2, 0.25) is 0 Å². The monoisotopic (exact) mass is 184 g/mol. The Morgan fingerprint density at radius 2 is 2.00 bits per heavy atom. The van der Waals surface area contributed by atoms with Gasteiger partial charge in [-0.3, -0.25) is 9.80 Å². The van der Waals surface area contributed by atoms with Gasteiger partial charge in [-0.1, -0.05) is 0 Å². The summed E-state index contributed by atoms with van der Waals surface area (Å²) < 4.78 is 0. The molecule has 2 rings (SSSR count). The van der Waals surface area contributed by atoms with Gasteiger partial charge in [0.15, 0.2) is 0 Å². The van der Waals surface area contributed by atoms with E-state index in [1.165, 1.54) is 38.8 Å². The molecule has 0 radical (unpaired) electrons. The minimum Gasteiger partial charge on any atom is -0.395 e. The largest absolute Gasteiger partial charge is 0.395 e. The lowest BCUT2D eigenvalue weighted by atomic mass is 10.2. The molecule has 0 aromatic rings. The van der Waals surface area contributed by atoms with Gasteiger partial charge in [-0.25, -0.2) is 0 Å². The van der Waals surface area contributed by atoms with Gasteiger partial charge in [0.05, 0.1) is 12.8 Å². The third-order valence-corrected chi connectivity index (χ3v) is 3.50. The highest BCUT2D eigenvalue weighted by Gasteiger charge is 2.34. The minimum absolute atomic E-state index is 0.338. The lowest BCUT2D eigenvalue weighted by Gasteiger charge is -2.33. The topological polar surface area (TPSA) is 26.7 Å². The summed E-state index contributed by atoms with van der Waals surface area (Å²) in [7, 11) is 2.20. The van der Waals surface area contributed by atoms with Crippen LogP contribution < -0.4 is 0 Å². The van der Waals surface area contributed by atoms with E-state index in [9.17, 15) is 5.11 Å². The Bertz CT molecular complexity index is 174. The Kier molecular flexibility index (Phi) is 2.86. The average Bonchev–Trinajstić information content (AvgIpc) is 2.71. The van der Waals surface area contributed by atoms with Gasteiger partial charge < -0.3 is 5.11 Å². The first-order chi connectivity index (χ1) is 6.33. The highest BCUT2D eigenvalue weighted by Crippen LogP contribution is 2.26. The molecule has 0 spiro atoms. The highest BCUT2D eigenvalue weighted by molar-refractivity contribution is 4.86. The van der Waals surface area contributed by atoms with E-state index in [0.29, 0.717) is 18.8 Å². The van der Waals surface area contributed by atoms with E-state index in [2.05, 4.69) is 16.8 Å². The number of hydrogen-bond acceptors (Lipinski definition) is 3. The summed E-state index contributed by atoms with van der Waals surface area (Å²) >= 11 is 0. The van der Waals surface area contributed by atoms with Crippen LogP contribution in [0.15, 0.2) is 0 Å². The van der Waals surface area contributed by atoms with Gasteiger partial charge in [0.1, 0.15) is 0 Å². The summed E-state index contributed by atoms with van der Waals surface area (Å²) in [6, 6.07) is 0.436. The standard InChI is InChI=1S/C10H20N2O/c1-11-6-3-5-10(11)12-7-2-4-9(12)8-13/h9-10,13H,2-8H2,1H3/t9-,10-/m0/s1. The Morgan fingerprint density at radius 1 is 1.23 bits per heavy atom. The fourth-order valence-electron chi connectivity index (χ4n) is 2.76. The zero-order valence-corrected chi connectivity index (χ0v) is 8.45. The lowest BCUT2D eigenvalue weighted by molar-refractivity contribution is 0.0550. The van der Waals surface area contributed by atoms with E-state index < -0.39 is 0 Å². The third-order valence-electron chi connectivity index (χ3n) is 3.50. The molecule has 1 N–H and O–H groups in total. The molecule has 0 amide bonds. The van der Waals surface area contributed by atoms with Crippen LogP contribution in [0.5, 0.6) is 0 Å². The van der Waals surface area contributed by atoms with Crippen molar-refractivity contribution < 1.29 is 5.11 Å². The summed E-state index contributed by atoms with van der Waals surface area (Å²) in [6.45, 7) is 2.74. The molecule has 2 fully saturated rings. The van der Waals surface area contributed by atoms with Crippen LogP contribution in [0.4, 0.5) is 0 Å². The molecule has 3 nitrogen and oxygen atoms in total. The summed E-state index contributed by atoms with van der Waals surface area (Å²) in [4.78, 5) is 4.92. The van der Waals surface area contributed by atoms with Gasteiger partial charge in [-0.2, -0.15) is 0 Å². The summed E-state index contributed by atoms with van der Waals surface area (Å²) in [5.41, 5.74) is 0. The van der Waals surface area contributed by atoms with Crippen molar-refractivity contribution in [3.63, 3.8) is 0 Å². The van der Waals surface area contributed by atoms with Crippen molar-refractivity contribution in [1.82, 2.24) is 9.80 Å². The maximum Gasteiger partial charge on any atom is 0.0623 e. The summed E-state index contributed by atoms with van der Waals surface area (Å²) in [5, 5.41) is 9.22. The van der Waals surface area contributed by atoms with Crippen molar-refractivity contribution in [1.29, 1.82) is 0 Å². The molecule has 0 aromatic carbocycles. The molecule has 0 saturated carbocycles. The Labute approximate surface area is 80.3 Å². The molecular weight excluding hydrogens is 164 g/mol. The first-order valence-corrected chi connectivity index (χ1v) is 5.40. The van der Waals surface area contributed by atoms with Gasteiger partial charge in [0.25, 0.3) is 0 Å². The SMILES string of the molecule is CN1CCC[C@@H]1N1CCC[C@H]1CO. The summed E-state index contributed by atoms with van der Waals surface area (Å²) in [6.07, 6.45) is 5.65. The Hall–Kier alpha value is -0.120. The van der Waals surface area contributed by atoms with E-state index in [4.69, 9.17) is 0 Å². The van der Waals surface area contributed by atoms with Crippen LogP contribution in [0, 0.1) is 0 Å². The fraction of sp³-hybridized carbons (Fsp3) is 1.00. The molecule has 2 heterocycles. The van der Waals surface area contributed by atoms with E-state index in [0.717, 1.165) is 0 Å². The first-order valence-electron chi connectivity index (χ1n) is 5.40. The van der Waals surface area contributed by atoms with Crippen LogP contribution >= 0.6 is 0 Å². The maximum absolute atomic E-state index is 9.22. The molecule has 2 saturated heterocycles. The molecule has 13 heavy (non-hydrogen) atoms. The molecular formula is C10H20N2O. The zero-order chi connectivity index (χ0) is 9.26. The smallest absolute Gasteiger partial charge is 0.0623 e. The van der Waals surface area contributed by atoms with Crippen LogP contribution in [0.3, 0.4) is 0 Å². The van der Waals surface area contributed by atoms with E-state index in [-0.39, 0.29) is 0 Å². The third kappa shape index (κ3) is 1.73. The lowest BCUT2D eigenvalue weighted by Crippen LogP contribution is -2.46. The number of aliphatic hydroxyl groups excluding tert-OH is 1. The van der Waals surface area contributed by atoms with E-state index >= 15 is 0 Å². The molecule has 76 valence electrons. The van der Waals surface area contributed by atoms with Gasteiger partial charge >= 0.3 is 0 Å². The molecule has 3 heteroatoms. The number of hydrogen-bond donors (Lipinski definition) is 1. The molecule has 2 aliphatic heterocycles. The second-order valence-corrected chi connectivity index (χ2v) is 4.32. The molecule has 2 aliphatic rings. The average molecular weight is 184 g/mol. The van der Waals surface area contributed by atoms with Crippen molar-refractivity contribution in [3.8, 4) is 0 Å². The number of rotatable bonds is 2. The van der Waals surface area contributed by atoms with Crippen molar-refractivity contribution in [3.05, 3.63) is 0 Å². The van der Waals surface area contributed by atoms with Gasteiger partial charge in [-0.05, 0) is 39.3 Å². The van der Waals surface area contributed by atoms with Crippen LogP contribution in [-0.4, -0.2) is 53.9 Å². The number of aliphatic hydroxyl groups is 1. The zero-order valence-electron chi connectivity index (χ0n) is 8.45. The van der Waals surface area contributed by atoms with Crippen molar-refractivity contribution in [2.24, 2.45) is 0 Å². The van der Waals surface area contributed by atoms with Crippen LogP contribution in [-0.2, 0) is 0 Å². The molecule has 0 unspecified atom stereocenters. The maximum atomic E-state index is 9.22. The van der Waals surface area contributed by atoms with Crippen LogP contribution in [0.1, 0.15) is 25.7 Å². The number of likely N-dealkylation sites (tertiary alicyclic amines) is 2. The highest BCUT2D eigenvalue weighted by atomic mass is 16.3. The molecule has 0 aliphatic carbocycles. The Balaban J connectivity index is 1.98. The van der Waals surface area contributed by atoms with Gasteiger partial charge in [0, 0.05) is 12.6 Å². The second-order valence-electron chi connectivity index (χ2n) is 4.32. The van der Waals surface area contributed by atoms with Gasteiger partial charge in [-0.15, -0.1) is 0 Å². The number of nitrogens with zero attached hydrogens (tertiary/aromatic N) is 2. The van der Waals surface area contributed by atoms with Crippen molar-refractivity contribution >= 4 is 0 Å². The van der Waals surface area contributed by atoms with Crippen LogP contribution in [0.25, 0.3) is 0 Å². The normalized spacial score (nSPS) is 37.4. The minimum atomic E-state index is 0.338. The predicted octanol–water partition coefficient (Wildman–Crippen LogP) is 0.495. The quantitative estimate of drug-likeness (QED) is 0.677. The van der Waals surface area contributed by atoms with Crippen molar-refractivity contribution in [2.45, 2.75) is 37.9 Å². The van der Waals surface area contributed by atoms with Crippen molar-refractivity contribution in [2.75, 3.05) is 26.7 Å². The fourth-order valence-corrected chi connectivity index (χ4v) is 2.76. The first kappa shape index (κ1) is 9.44. The molecule has 2 atom stereocenters. The second kappa shape index (κ2) is 3.95.